The fourth-order valence-electron chi connectivity index (χ4n) is 16.5. The Morgan fingerprint density at radius 3 is 0.750 bits per heavy atom. The minimum atomic E-state index is -0.905. The predicted octanol–water partition coefficient (Wildman–Crippen LogP) is 28.3. The number of nitrogens with zero attached hydrogens (tertiary/aromatic N) is 9. The summed E-state index contributed by atoms with van der Waals surface area (Å²) in [6, 6.07) is 0. The van der Waals surface area contributed by atoms with Crippen LogP contribution in [0.3, 0.4) is 0 Å². The van der Waals surface area contributed by atoms with E-state index in [9.17, 15) is 8.78 Å². The average molecular weight is 1700 g/mol. The number of hydrogen-bond acceptors (Lipinski definition) is 10. The van der Waals surface area contributed by atoms with Crippen LogP contribution in [-0.4, -0.2) is 246 Å². The van der Waals surface area contributed by atoms with E-state index in [1.54, 1.807) is 6.92 Å². The second kappa shape index (κ2) is 61.2. The van der Waals surface area contributed by atoms with Crippen molar-refractivity contribution >= 4 is 0 Å². The molecule has 0 saturated carbocycles. The fourth-order valence-corrected chi connectivity index (χ4v) is 16.5. The Kier molecular flexibility index (Phi) is 60.9. The highest BCUT2D eigenvalue weighted by Crippen LogP contribution is 2.31. The van der Waals surface area contributed by atoms with E-state index in [0.717, 1.165) is 94.9 Å². The Morgan fingerprint density at radius 1 is 0.242 bits per heavy atom. The van der Waals surface area contributed by atoms with Gasteiger partial charge in [-0.2, -0.15) is 0 Å². The minimum Gasteiger partial charge on any atom is -0.380 e. The highest BCUT2D eigenvalue weighted by Gasteiger charge is 2.31. The summed E-state index contributed by atoms with van der Waals surface area (Å²) in [5, 5.41) is 0. The van der Waals surface area contributed by atoms with Gasteiger partial charge in [-0.15, -0.1) is 0 Å². The van der Waals surface area contributed by atoms with Crippen molar-refractivity contribution in [2.45, 2.75) is 434 Å². The Morgan fingerprint density at radius 2 is 0.467 bits per heavy atom. The van der Waals surface area contributed by atoms with Crippen molar-refractivity contribution < 1.29 is 13.5 Å². The molecule has 4 atom stereocenters. The summed E-state index contributed by atoms with van der Waals surface area (Å²) in [6.45, 7) is 111. The first kappa shape index (κ1) is 119. The summed E-state index contributed by atoms with van der Waals surface area (Å²) in [7, 11) is 0. The molecule has 9 aliphatic heterocycles. The summed E-state index contributed by atoms with van der Waals surface area (Å²) >= 11 is 0. The largest absolute Gasteiger partial charge is 0.380 e. The Bertz CT molecular complexity index is 2160. The molecule has 9 aliphatic rings. The van der Waals surface area contributed by atoms with Gasteiger partial charge in [-0.3, -0.25) is 0 Å². The lowest BCUT2D eigenvalue weighted by molar-refractivity contribution is 0.0687. The van der Waals surface area contributed by atoms with E-state index in [2.05, 4.69) is 266 Å². The van der Waals surface area contributed by atoms with Gasteiger partial charge in [-0.25, -0.2) is 8.78 Å². The maximum Gasteiger partial charge on any atom is 0.113 e. The molecule has 4 unspecified atom stereocenters. The van der Waals surface area contributed by atoms with Gasteiger partial charge in [0, 0.05) is 59.0 Å². The number of hydrogen-bond donors (Lipinski definition) is 0. The number of rotatable bonds is 18. The highest BCUT2D eigenvalue weighted by molar-refractivity contribution is 4.84. The van der Waals surface area contributed by atoms with Gasteiger partial charge in [-0.05, 0) is 383 Å². The van der Waals surface area contributed by atoms with Crippen LogP contribution in [-0.2, 0) is 4.74 Å². The molecule has 0 aromatic heterocycles. The van der Waals surface area contributed by atoms with Gasteiger partial charge >= 0.3 is 0 Å². The molecule has 9 rings (SSSR count). The second-order valence-corrected chi connectivity index (χ2v) is 51.7. The molecule has 0 amide bonds. The van der Waals surface area contributed by atoms with Gasteiger partial charge in [0.1, 0.15) is 11.8 Å². The molecule has 0 aromatic carbocycles. The zero-order chi connectivity index (χ0) is 90.4. The Labute approximate surface area is 755 Å². The molecule has 0 spiro atoms. The number of alkyl halides is 2. The number of likely N-dealkylation sites (tertiary alicyclic amines) is 8. The molecular weight excluding hydrogens is 1480 g/mol. The zero-order valence-corrected chi connectivity index (χ0v) is 87.7. The Hall–Kier alpha value is -0.540. The van der Waals surface area contributed by atoms with Crippen molar-refractivity contribution in [1.29, 1.82) is 0 Å². The van der Waals surface area contributed by atoms with Crippen LogP contribution < -0.4 is 0 Å². The van der Waals surface area contributed by atoms with E-state index in [4.69, 9.17) is 4.74 Å². The first-order valence-corrected chi connectivity index (χ1v) is 51.2. The molecule has 10 nitrogen and oxygen atoms in total. The van der Waals surface area contributed by atoms with Crippen molar-refractivity contribution in [2.75, 3.05) is 190 Å². The lowest BCUT2D eigenvalue weighted by atomic mass is 9.90. The summed E-state index contributed by atoms with van der Waals surface area (Å²) in [4.78, 5) is 23.0. The van der Waals surface area contributed by atoms with Gasteiger partial charge in [0.15, 0.2) is 0 Å². The van der Waals surface area contributed by atoms with Crippen molar-refractivity contribution in [2.24, 2.45) is 78.3 Å². The minimum absolute atomic E-state index is 0. The molecule has 9 saturated heterocycles. The maximum atomic E-state index is 13.5. The lowest BCUT2D eigenvalue weighted by Crippen LogP contribution is -2.41. The standard InChI is InChI=1S/2C12H24FN.6C12H25N.C11H23NO.CH4/c1-11(2,3)5-8-14-9-6-12(4,13)7-10-14;1-12(2,3)7-9-14-8-5-4-6-11(13)10-14;2*1-11-5-8-13(9-6-11)10-7-12(2,3)4;3*1-11-6-5-8-13(10-11)9-7-12(2,3)4;1-12(2,3)8-11-13-9-6-4-5-7-10-13;1-11(2,3)5-7-12-6-4-9-13-10-8-12;/h5-10H2,1-4H3;11H,4-10H2,1-3H3;5*11H,5-10H2,1-4H3;4-11H2,1-3H3;4-10H2,1-3H3;1H4. The fraction of sp³-hybridized carbons (Fsp3) is 1.00. The van der Waals surface area contributed by atoms with Crippen LogP contribution in [0.4, 0.5) is 8.78 Å². The van der Waals surface area contributed by atoms with Crippen LogP contribution in [0.15, 0.2) is 0 Å². The monoisotopic (exact) mass is 1700 g/mol. The number of halogens is 2. The van der Waals surface area contributed by atoms with Crippen molar-refractivity contribution in [3.63, 3.8) is 0 Å². The summed E-state index contributed by atoms with van der Waals surface area (Å²) in [5.41, 5.74) is 3.35. The third-order valence-corrected chi connectivity index (χ3v) is 26.2. The van der Waals surface area contributed by atoms with Crippen LogP contribution in [0, 0.1) is 78.3 Å². The van der Waals surface area contributed by atoms with E-state index in [-0.39, 0.29) is 7.43 Å². The molecule has 0 aliphatic carbocycles. The van der Waals surface area contributed by atoms with E-state index in [1.807, 2.05) is 0 Å². The number of piperidine rings is 6. The van der Waals surface area contributed by atoms with Gasteiger partial charge < -0.3 is 48.8 Å². The predicted molar refractivity (Wildman–Crippen MR) is 535 cm³/mol. The van der Waals surface area contributed by atoms with E-state index in [1.165, 1.54) is 291 Å². The van der Waals surface area contributed by atoms with Gasteiger partial charge in [-0.1, -0.05) is 242 Å². The quantitative estimate of drug-likeness (QED) is 0.133. The summed E-state index contributed by atoms with van der Waals surface area (Å²) < 4.78 is 32.2. The second-order valence-electron chi connectivity index (χ2n) is 51.7. The van der Waals surface area contributed by atoms with E-state index >= 15 is 0 Å². The van der Waals surface area contributed by atoms with Crippen LogP contribution in [0.5, 0.6) is 0 Å². The molecule has 12 heteroatoms. The van der Waals surface area contributed by atoms with Crippen LogP contribution >= 0.6 is 0 Å². The topological polar surface area (TPSA) is 38.4 Å². The lowest BCUT2D eigenvalue weighted by Gasteiger charge is -2.35. The van der Waals surface area contributed by atoms with E-state index in [0.29, 0.717) is 68.1 Å². The molecular formula is C108H225F2N9O. The average Bonchev–Trinajstić information content (AvgIpc) is 1.07. The van der Waals surface area contributed by atoms with Crippen LogP contribution in [0.2, 0.25) is 0 Å². The van der Waals surface area contributed by atoms with Gasteiger partial charge in [0.05, 0.1) is 6.61 Å². The molecule has 0 bridgehead atoms. The Balaban J connectivity index is 0.00000133. The molecule has 120 heavy (non-hydrogen) atoms. The molecule has 9 fully saturated rings. The van der Waals surface area contributed by atoms with Crippen LogP contribution in [0.25, 0.3) is 0 Å². The summed E-state index contributed by atoms with van der Waals surface area (Å²) in [6.07, 6.45) is 36.6. The molecule has 0 aromatic rings. The SMILES string of the molecule is C.CC(C)(C)CCN1CCC(C)(F)CC1.CC(C)(C)CCN1CCCCC(F)C1.CC(C)(C)CCN1CCCCCC1.CC(C)(C)CCN1CCCOCC1.CC1CCCN(CCC(C)(C)C)C1.CC1CCCN(CCC(C)(C)C)C1.CC1CCCN(CCC(C)(C)C)C1.CC1CCN(CCC(C)(C)C)CC1.CC1CCN(CCC(C)(C)C)CC1. The molecule has 0 N–H and O–H groups in total. The highest BCUT2D eigenvalue weighted by atomic mass is 19.1. The van der Waals surface area contributed by atoms with Crippen molar-refractivity contribution in [3.05, 3.63) is 0 Å². The zero-order valence-electron chi connectivity index (χ0n) is 87.7. The third kappa shape index (κ3) is 76.3. The molecule has 0 radical (unpaired) electrons. The first-order chi connectivity index (χ1) is 54.8. The summed E-state index contributed by atoms with van der Waals surface area (Å²) in [5.74, 6) is 4.70. The normalized spacial score (nSPS) is 23.8. The first-order valence-electron chi connectivity index (χ1n) is 51.2. The smallest absolute Gasteiger partial charge is 0.113 e. The van der Waals surface area contributed by atoms with Gasteiger partial charge in [0.2, 0.25) is 0 Å². The number of ether oxygens (including phenoxy) is 1. The maximum absolute atomic E-state index is 13.5. The van der Waals surface area contributed by atoms with Gasteiger partial charge in [0.25, 0.3) is 0 Å². The third-order valence-electron chi connectivity index (χ3n) is 26.2. The van der Waals surface area contributed by atoms with Crippen molar-refractivity contribution in [3.8, 4) is 0 Å². The van der Waals surface area contributed by atoms with Crippen LogP contribution in [0.1, 0.15) is 422 Å². The molecule has 9 heterocycles. The van der Waals surface area contributed by atoms with E-state index < -0.39 is 11.8 Å². The molecule has 722 valence electrons. The van der Waals surface area contributed by atoms with Crippen molar-refractivity contribution in [1.82, 2.24) is 44.1 Å².